The van der Waals surface area contributed by atoms with Gasteiger partial charge in [0.1, 0.15) is 0 Å². The minimum Gasteiger partial charge on any atom is -0.352 e. The highest BCUT2D eigenvalue weighted by atomic mass is 35.5. The number of nitrogens with zero attached hydrogens (tertiary/aromatic N) is 1. The molecule has 1 fully saturated rings. The summed E-state index contributed by atoms with van der Waals surface area (Å²) in [4.78, 5) is 0. The third kappa shape index (κ3) is 3.15. The molecule has 21 heavy (non-hydrogen) atoms. The summed E-state index contributed by atoms with van der Waals surface area (Å²) in [6, 6.07) is 7.26. The van der Waals surface area contributed by atoms with Crippen molar-refractivity contribution in [2.75, 3.05) is 5.32 Å². The van der Waals surface area contributed by atoms with E-state index in [2.05, 4.69) is 10.6 Å². The number of halogens is 1. The second-order valence-corrected chi connectivity index (χ2v) is 7.07. The van der Waals surface area contributed by atoms with E-state index in [4.69, 9.17) is 17.0 Å². The zero-order valence-electron chi connectivity index (χ0n) is 12.9. The highest BCUT2D eigenvalue weighted by Crippen LogP contribution is 2.39. The van der Waals surface area contributed by atoms with E-state index in [1.165, 1.54) is 5.06 Å². The molecular formula is C15H23ClN4O. The van der Waals surface area contributed by atoms with Crippen LogP contribution in [0, 0.1) is 5.41 Å². The number of para-hydroxylation sites is 1. The number of hydroxylamine groups is 2. The highest BCUT2D eigenvalue weighted by molar-refractivity contribution is 6.33. The smallest absolute Gasteiger partial charge is 0.193 e. The van der Waals surface area contributed by atoms with Crippen LogP contribution >= 0.6 is 11.6 Å². The number of hydrogen-bond donors (Lipinski definition) is 4. The lowest BCUT2D eigenvalue weighted by molar-refractivity contribution is -0.193. The monoisotopic (exact) mass is 310 g/mol. The van der Waals surface area contributed by atoms with Crippen molar-refractivity contribution in [3.63, 3.8) is 0 Å². The van der Waals surface area contributed by atoms with Gasteiger partial charge in [-0.05, 0) is 46.2 Å². The summed E-state index contributed by atoms with van der Waals surface area (Å²) in [5, 5.41) is 26.4. The van der Waals surface area contributed by atoms with Gasteiger partial charge >= 0.3 is 0 Å². The molecule has 0 amide bonds. The summed E-state index contributed by atoms with van der Waals surface area (Å²) < 4.78 is 0. The van der Waals surface area contributed by atoms with Crippen LogP contribution in [-0.4, -0.2) is 33.3 Å². The van der Waals surface area contributed by atoms with Crippen molar-refractivity contribution in [1.29, 1.82) is 5.41 Å². The summed E-state index contributed by atoms with van der Waals surface area (Å²) in [7, 11) is 0. The quantitative estimate of drug-likeness (QED) is 0.500. The van der Waals surface area contributed by atoms with Gasteiger partial charge in [-0.1, -0.05) is 23.7 Å². The van der Waals surface area contributed by atoms with Crippen LogP contribution in [0.3, 0.4) is 0 Å². The number of guanidine groups is 1. The van der Waals surface area contributed by atoms with Crippen LogP contribution in [0.5, 0.6) is 0 Å². The average Bonchev–Trinajstić information content (AvgIpc) is 2.53. The SMILES string of the molecule is CC1(C)CC(NC(=N)Nc2ccccc2Cl)C(C)(C)N1O. The zero-order chi connectivity index (χ0) is 15.8. The molecule has 5 nitrogen and oxygen atoms in total. The van der Waals surface area contributed by atoms with Crippen molar-refractivity contribution in [3.05, 3.63) is 29.3 Å². The Morgan fingerprint density at radius 1 is 1.33 bits per heavy atom. The van der Waals surface area contributed by atoms with E-state index in [1.54, 1.807) is 6.07 Å². The maximum absolute atomic E-state index is 10.3. The topological polar surface area (TPSA) is 71.4 Å². The van der Waals surface area contributed by atoms with Gasteiger partial charge in [-0.3, -0.25) is 5.41 Å². The van der Waals surface area contributed by atoms with Crippen molar-refractivity contribution < 1.29 is 5.21 Å². The lowest BCUT2D eigenvalue weighted by Crippen LogP contribution is -2.53. The first kappa shape index (κ1) is 16.1. The van der Waals surface area contributed by atoms with Gasteiger partial charge in [0.25, 0.3) is 0 Å². The molecule has 1 saturated heterocycles. The molecule has 1 aromatic carbocycles. The maximum atomic E-state index is 10.3. The predicted octanol–water partition coefficient (Wildman–Crippen LogP) is 3.30. The van der Waals surface area contributed by atoms with E-state index in [9.17, 15) is 5.21 Å². The summed E-state index contributed by atoms with van der Waals surface area (Å²) in [6.07, 6.45) is 0.739. The van der Waals surface area contributed by atoms with Crippen LogP contribution in [0.15, 0.2) is 24.3 Å². The summed E-state index contributed by atoms with van der Waals surface area (Å²) in [5.74, 6) is 0.173. The molecule has 1 aromatic rings. The van der Waals surface area contributed by atoms with E-state index in [0.29, 0.717) is 10.7 Å². The van der Waals surface area contributed by atoms with E-state index in [-0.39, 0.29) is 17.5 Å². The van der Waals surface area contributed by atoms with Crippen LogP contribution in [-0.2, 0) is 0 Å². The van der Waals surface area contributed by atoms with Crippen LogP contribution in [0.2, 0.25) is 5.02 Å². The van der Waals surface area contributed by atoms with Crippen molar-refractivity contribution >= 4 is 23.2 Å². The normalized spacial score (nSPS) is 23.8. The molecule has 6 heteroatoms. The van der Waals surface area contributed by atoms with Crippen molar-refractivity contribution in [2.24, 2.45) is 0 Å². The minimum atomic E-state index is -0.460. The molecule has 116 valence electrons. The van der Waals surface area contributed by atoms with Gasteiger partial charge in [0.15, 0.2) is 5.96 Å². The van der Waals surface area contributed by atoms with Gasteiger partial charge in [-0.25, -0.2) is 0 Å². The Balaban J connectivity index is 2.05. The molecule has 0 aliphatic carbocycles. The molecule has 0 spiro atoms. The van der Waals surface area contributed by atoms with Gasteiger partial charge in [0.2, 0.25) is 0 Å². The first-order chi connectivity index (χ1) is 9.64. The van der Waals surface area contributed by atoms with Gasteiger partial charge in [-0.15, -0.1) is 0 Å². The third-order valence-corrected chi connectivity index (χ3v) is 4.46. The minimum absolute atomic E-state index is 0.0417. The Hall–Kier alpha value is -1.30. The second kappa shape index (κ2) is 5.48. The molecule has 0 bridgehead atoms. The molecule has 1 aliphatic heterocycles. The average molecular weight is 311 g/mol. The van der Waals surface area contributed by atoms with Crippen molar-refractivity contribution in [3.8, 4) is 0 Å². The Bertz CT molecular complexity index is 544. The van der Waals surface area contributed by atoms with Gasteiger partial charge in [-0.2, -0.15) is 5.06 Å². The van der Waals surface area contributed by atoms with Crippen LogP contribution in [0.25, 0.3) is 0 Å². The second-order valence-electron chi connectivity index (χ2n) is 6.66. The number of benzene rings is 1. The van der Waals surface area contributed by atoms with E-state index in [1.807, 2.05) is 45.9 Å². The lowest BCUT2D eigenvalue weighted by Gasteiger charge is -2.36. The molecule has 1 aliphatic rings. The van der Waals surface area contributed by atoms with Gasteiger partial charge in [0.05, 0.1) is 22.3 Å². The molecule has 4 N–H and O–H groups in total. The van der Waals surface area contributed by atoms with Gasteiger partial charge in [0, 0.05) is 5.54 Å². The molecular weight excluding hydrogens is 288 g/mol. The summed E-state index contributed by atoms with van der Waals surface area (Å²) in [5.41, 5.74) is -0.100. The van der Waals surface area contributed by atoms with Crippen LogP contribution in [0.1, 0.15) is 34.1 Å². The maximum Gasteiger partial charge on any atom is 0.193 e. The molecule has 1 heterocycles. The molecule has 0 radical (unpaired) electrons. The number of hydrogen-bond acceptors (Lipinski definition) is 3. The van der Waals surface area contributed by atoms with Crippen LogP contribution < -0.4 is 10.6 Å². The Morgan fingerprint density at radius 2 is 1.95 bits per heavy atom. The molecule has 0 aromatic heterocycles. The fourth-order valence-corrected chi connectivity index (χ4v) is 3.08. The van der Waals surface area contributed by atoms with Crippen molar-refractivity contribution in [1.82, 2.24) is 10.4 Å². The predicted molar refractivity (Wildman–Crippen MR) is 86.1 cm³/mol. The summed E-state index contributed by atoms with van der Waals surface area (Å²) in [6.45, 7) is 7.90. The molecule has 1 unspecified atom stereocenters. The fraction of sp³-hybridized carbons (Fsp3) is 0.533. The number of nitrogens with one attached hydrogen (secondary N) is 3. The largest absolute Gasteiger partial charge is 0.352 e. The highest BCUT2D eigenvalue weighted by Gasteiger charge is 2.51. The van der Waals surface area contributed by atoms with Crippen LogP contribution in [0.4, 0.5) is 5.69 Å². The number of anilines is 1. The molecule has 2 rings (SSSR count). The first-order valence-electron chi connectivity index (χ1n) is 7.00. The molecule has 1 atom stereocenters. The lowest BCUT2D eigenvalue weighted by atomic mass is 9.94. The number of rotatable bonds is 2. The molecule has 0 saturated carbocycles. The summed E-state index contributed by atoms with van der Waals surface area (Å²) >= 11 is 6.07. The Morgan fingerprint density at radius 3 is 2.48 bits per heavy atom. The standard InChI is InChI=1S/C15H23ClN4O/c1-14(2)9-12(15(3,4)20(14)21)19-13(17)18-11-8-6-5-7-10(11)16/h5-8,12,21H,9H2,1-4H3,(H3,17,18,19). The van der Waals surface area contributed by atoms with E-state index in [0.717, 1.165) is 6.42 Å². The zero-order valence-corrected chi connectivity index (χ0v) is 13.6. The van der Waals surface area contributed by atoms with E-state index < -0.39 is 5.54 Å². The van der Waals surface area contributed by atoms with Crippen molar-refractivity contribution in [2.45, 2.75) is 51.2 Å². The third-order valence-electron chi connectivity index (χ3n) is 4.13. The fourth-order valence-electron chi connectivity index (χ4n) is 2.90. The Kier molecular flexibility index (Phi) is 4.19. The first-order valence-corrected chi connectivity index (χ1v) is 7.38. The Labute approximate surface area is 130 Å². The van der Waals surface area contributed by atoms with E-state index >= 15 is 0 Å². The van der Waals surface area contributed by atoms with Gasteiger partial charge < -0.3 is 15.8 Å².